The van der Waals surface area contributed by atoms with Crippen LogP contribution in [-0.2, 0) is 16.1 Å². The number of alkyl halides is 1. The van der Waals surface area contributed by atoms with E-state index in [9.17, 15) is 9.59 Å². The van der Waals surface area contributed by atoms with Crippen LogP contribution < -0.4 is 10.1 Å². The van der Waals surface area contributed by atoms with Gasteiger partial charge in [0.25, 0.3) is 0 Å². The summed E-state index contributed by atoms with van der Waals surface area (Å²) < 4.78 is 5.36. The lowest BCUT2D eigenvalue weighted by Gasteiger charge is -2.33. The maximum Gasteiger partial charge on any atom is 0.247 e. The molecule has 1 fully saturated rings. The molecule has 1 unspecified atom stereocenters. The van der Waals surface area contributed by atoms with Crippen molar-refractivity contribution in [2.24, 2.45) is 0 Å². The van der Waals surface area contributed by atoms with E-state index in [0.717, 1.165) is 31.2 Å². The van der Waals surface area contributed by atoms with Gasteiger partial charge in [0.1, 0.15) is 17.7 Å². The van der Waals surface area contributed by atoms with Crippen LogP contribution >= 0.6 is 11.6 Å². The van der Waals surface area contributed by atoms with Gasteiger partial charge in [-0.1, -0.05) is 61.7 Å². The highest BCUT2D eigenvalue weighted by Crippen LogP contribution is 2.28. The topological polar surface area (TPSA) is 58.6 Å². The van der Waals surface area contributed by atoms with Gasteiger partial charge in [-0.05, 0) is 36.1 Å². The summed E-state index contributed by atoms with van der Waals surface area (Å²) in [4.78, 5) is 27.9. The van der Waals surface area contributed by atoms with E-state index < -0.39 is 6.04 Å². The first-order valence-corrected chi connectivity index (χ1v) is 11.0. The van der Waals surface area contributed by atoms with Crippen molar-refractivity contribution in [2.45, 2.75) is 50.7 Å². The van der Waals surface area contributed by atoms with Crippen molar-refractivity contribution in [3.63, 3.8) is 0 Å². The lowest BCUT2D eigenvalue weighted by atomic mass is 9.94. The van der Waals surface area contributed by atoms with Gasteiger partial charge in [0.2, 0.25) is 11.8 Å². The number of nitrogens with zero attached hydrogens (tertiary/aromatic N) is 1. The summed E-state index contributed by atoms with van der Waals surface area (Å²) in [5, 5.41) is 3.18. The molecule has 5 nitrogen and oxygen atoms in total. The number of halogens is 1. The van der Waals surface area contributed by atoms with Gasteiger partial charge in [0.15, 0.2) is 0 Å². The lowest BCUT2D eigenvalue weighted by Crippen LogP contribution is -2.47. The van der Waals surface area contributed by atoms with Gasteiger partial charge in [-0.15, -0.1) is 11.6 Å². The Kier molecular flexibility index (Phi) is 8.14. The van der Waals surface area contributed by atoms with Crippen molar-refractivity contribution in [3.8, 4) is 5.75 Å². The van der Waals surface area contributed by atoms with Gasteiger partial charge in [0, 0.05) is 12.6 Å². The zero-order chi connectivity index (χ0) is 21.3. The predicted molar refractivity (Wildman–Crippen MR) is 118 cm³/mol. The fourth-order valence-electron chi connectivity index (χ4n) is 3.99. The average molecular weight is 429 g/mol. The maximum atomic E-state index is 13.5. The first-order valence-electron chi connectivity index (χ1n) is 10.5. The van der Waals surface area contributed by atoms with Crippen LogP contribution in [0.15, 0.2) is 54.6 Å². The van der Waals surface area contributed by atoms with Crippen molar-refractivity contribution in [1.29, 1.82) is 0 Å². The lowest BCUT2D eigenvalue weighted by molar-refractivity contribution is -0.140. The average Bonchev–Trinajstić information content (AvgIpc) is 2.79. The third kappa shape index (κ3) is 5.76. The van der Waals surface area contributed by atoms with Crippen LogP contribution in [0.4, 0.5) is 0 Å². The Morgan fingerprint density at radius 1 is 1.10 bits per heavy atom. The Bertz CT molecular complexity index is 837. The maximum absolute atomic E-state index is 13.5. The third-order valence-electron chi connectivity index (χ3n) is 5.55. The first-order chi connectivity index (χ1) is 14.6. The van der Waals surface area contributed by atoms with Crippen LogP contribution in [0.25, 0.3) is 0 Å². The van der Waals surface area contributed by atoms with Crippen LogP contribution in [0.2, 0.25) is 0 Å². The van der Waals surface area contributed by atoms with Crippen LogP contribution in [-0.4, -0.2) is 35.7 Å². The van der Waals surface area contributed by atoms with E-state index in [4.69, 9.17) is 16.3 Å². The molecule has 6 heteroatoms. The number of hydrogen-bond acceptors (Lipinski definition) is 3. The second-order valence-corrected chi connectivity index (χ2v) is 7.93. The normalized spacial score (nSPS) is 15.3. The molecule has 1 atom stereocenters. The van der Waals surface area contributed by atoms with Gasteiger partial charge >= 0.3 is 0 Å². The summed E-state index contributed by atoms with van der Waals surface area (Å²) in [5.74, 6) is -0.0121. The molecule has 0 radical (unpaired) electrons. The molecule has 30 heavy (non-hydrogen) atoms. The van der Waals surface area contributed by atoms with Gasteiger partial charge in [0.05, 0.1) is 7.11 Å². The molecule has 1 aliphatic carbocycles. The molecule has 0 bridgehead atoms. The summed E-state index contributed by atoms with van der Waals surface area (Å²) in [6, 6.07) is 16.3. The Morgan fingerprint density at radius 2 is 1.83 bits per heavy atom. The molecule has 0 aliphatic heterocycles. The predicted octanol–water partition coefficient (Wildman–Crippen LogP) is 4.45. The Hall–Kier alpha value is -2.53. The van der Waals surface area contributed by atoms with Crippen LogP contribution in [0.5, 0.6) is 5.75 Å². The molecule has 2 amide bonds. The number of carbonyl (C=O) groups excluding carboxylic acids is 2. The number of nitrogens with one attached hydrogen (secondary N) is 1. The second kappa shape index (κ2) is 11.0. The molecule has 0 saturated heterocycles. The number of rotatable bonds is 8. The van der Waals surface area contributed by atoms with Crippen LogP contribution in [0, 0.1) is 0 Å². The monoisotopic (exact) mass is 428 g/mol. The smallest absolute Gasteiger partial charge is 0.247 e. The quantitative estimate of drug-likeness (QED) is 0.632. The molecule has 2 aromatic rings. The van der Waals surface area contributed by atoms with Crippen molar-refractivity contribution >= 4 is 23.4 Å². The largest absolute Gasteiger partial charge is 0.497 e. The molecular formula is C24H29ClN2O3. The highest BCUT2D eigenvalue weighted by Gasteiger charge is 2.32. The van der Waals surface area contributed by atoms with Crippen LogP contribution in [0.1, 0.15) is 49.3 Å². The molecule has 0 aromatic heterocycles. The summed E-state index contributed by atoms with van der Waals surface area (Å²) in [6.45, 7) is 0.298. The highest BCUT2D eigenvalue weighted by atomic mass is 35.5. The number of benzene rings is 2. The van der Waals surface area contributed by atoms with E-state index in [1.165, 1.54) is 6.42 Å². The summed E-state index contributed by atoms with van der Waals surface area (Å²) >= 11 is 5.95. The second-order valence-electron chi connectivity index (χ2n) is 7.66. The zero-order valence-corrected chi connectivity index (χ0v) is 18.1. The minimum Gasteiger partial charge on any atom is -0.497 e. The molecular weight excluding hydrogens is 400 g/mol. The van der Waals surface area contributed by atoms with Crippen molar-refractivity contribution in [3.05, 3.63) is 65.7 Å². The zero-order valence-electron chi connectivity index (χ0n) is 17.4. The number of hydrogen-bond donors (Lipinski definition) is 1. The number of ether oxygens (including phenoxy) is 1. The van der Waals surface area contributed by atoms with E-state index >= 15 is 0 Å². The summed E-state index contributed by atoms with van der Waals surface area (Å²) in [6.07, 6.45) is 5.38. The summed E-state index contributed by atoms with van der Waals surface area (Å²) in [7, 11) is 1.59. The van der Waals surface area contributed by atoms with E-state index in [1.54, 1.807) is 12.0 Å². The SMILES string of the molecule is COc1cccc(C(C(=O)NC2CCCCC2)N(Cc2ccccc2)C(=O)CCl)c1. The van der Waals surface area contributed by atoms with Crippen molar-refractivity contribution < 1.29 is 14.3 Å². The minimum absolute atomic E-state index is 0.143. The van der Waals surface area contributed by atoms with Gasteiger partial charge in [-0.25, -0.2) is 0 Å². The van der Waals surface area contributed by atoms with Crippen molar-refractivity contribution in [2.75, 3.05) is 13.0 Å². The van der Waals surface area contributed by atoms with E-state index in [1.807, 2.05) is 54.6 Å². The molecule has 3 rings (SSSR count). The Morgan fingerprint density at radius 3 is 2.50 bits per heavy atom. The molecule has 160 valence electrons. The van der Waals surface area contributed by atoms with E-state index in [-0.39, 0.29) is 23.7 Å². The number of carbonyl (C=O) groups is 2. The van der Waals surface area contributed by atoms with Gasteiger partial charge in [-0.2, -0.15) is 0 Å². The van der Waals surface area contributed by atoms with Crippen molar-refractivity contribution in [1.82, 2.24) is 10.2 Å². The standard InChI is InChI=1S/C24H29ClN2O3/c1-30-21-14-8-11-19(15-21)23(24(29)26-20-12-6-3-7-13-20)27(22(28)16-25)17-18-9-4-2-5-10-18/h2,4-5,8-11,14-15,20,23H,3,6-7,12-13,16-17H2,1H3,(H,26,29). The highest BCUT2D eigenvalue weighted by molar-refractivity contribution is 6.27. The first kappa shape index (κ1) is 22.2. The van der Waals surface area contributed by atoms with Gasteiger partial charge < -0.3 is 15.0 Å². The molecule has 1 aliphatic rings. The van der Waals surface area contributed by atoms with Gasteiger partial charge in [-0.3, -0.25) is 9.59 Å². The molecule has 1 saturated carbocycles. The Balaban J connectivity index is 1.95. The molecule has 0 heterocycles. The fraction of sp³-hybridized carbons (Fsp3) is 0.417. The number of methoxy groups -OCH3 is 1. The van der Waals surface area contributed by atoms with E-state index in [2.05, 4.69) is 5.32 Å². The summed E-state index contributed by atoms with van der Waals surface area (Å²) in [5.41, 5.74) is 1.64. The Labute approximate surface area is 183 Å². The third-order valence-corrected chi connectivity index (χ3v) is 5.78. The molecule has 2 aromatic carbocycles. The van der Waals surface area contributed by atoms with Crippen LogP contribution in [0.3, 0.4) is 0 Å². The minimum atomic E-state index is -0.784. The molecule has 1 N–H and O–H groups in total. The molecule has 0 spiro atoms. The number of amides is 2. The fourth-order valence-corrected chi connectivity index (χ4v) is 4.15. The van der Waals surface area contributed by atoms with E-state index in [0.29, 0.717) is 17.9 Å².